The Morgan fingerprint density at radius 3 is 2.88 bits per heavy atom. The van der Waals surface area contributed by atoms with Crippen LogP contribution in [-0.2, 0) is 11.2 Å². The Labute approximate surface area is 102 Å². The fourth-order valence-electron chi connectivity index (χ4n) is 3.54. The fraction of sp³-hybridized carbons (Fsp3) is 0.533. The zero-order chi connectivity index (χ0) is 12.0. The van der Waals surface area contributed by atoms with E-state index < -0.39 is 6.10 Å². The van der Waals surface area contributed by atoms with Gasteiger partial charge < -0.3 is 5.11 Å². The topological polar surface area (TPSA) is 37.3 Å². The molecule has 0 heterocycles. The highest BCUT2D eigenvalue weighted by atomic mass is 16.3. The average molecular weight is 230 g/mol. The summed E-state index contributed by atoms with van der Waals surface area (Å²) in [7, 11) is 0. The van der Waals surface area contributed by atoms with E-state index >= 15 is 0 Å². The minimum atomic E-state index is -0.470. The number of benzene rings is 1. The van der Waals surface area contributed by atoms with E-state index in [9.17, 15) is 9.90 Å². The van der Waals surface area contributed by atoms with Crippen molar-refractivity contribution in [3.8, 4) is 0 Å². The van der Waals surface area contributed by atoms with Crippen molar-refractivity contribution in [1.29, 1.82) is 0 Å². The van der Waals surface area contributed by atoms with Crippen LogP contribution in [0.3, 0.4) is 0 Å². The average Bonchev–Trinajstić information content (AvgIpc) is 2.32. The predicted molar refractivity (Wildman–Crippen MR) is 65.9 cm³/mol. The van der Waals surface area contributed by atoms with Crippen molar-refractivity contribution in [2.24, 2.45) is 5.41 Å². The molecule has 0 unspecified atom stereocenters. The van der Waals surface area contributed by atoms with Crippen molar-refractivity contribution in [2.75, 3.05) is 0 Å². The van der Waals surface area contributed by atoms with Crippen LogP contribution in [-0.4, -0.2) is 17.0 Å². The van der Waals surface area contributed by atoms with Crippen LogP contribution >= 0.6 is 0 Å². The Hall–Kier alpha value is -1.15. The molecule has 0 aromatic heterocycles. The Morgan fingerprint density at radius 1 is 1.29 bits per heavy atom. The summed E-state index contributed by atoms with van der Waals surface area (Å²) in [5, 5.41) is 10.2. The molecule has 0 spiro atoms. The smallest absolute Gasteiger partial charge is 0.136 e. The van der Waals surface area contributed by atoms with Gasteiger partial charge in [-0.15, -0.1) is 0 Å². The second-order valence-corrected chi connectivity index (χ2v) is 5.72. The van der Waals surface area contributed by atoms with Gasteiger partial charge in [0.1, 0.15) is 5.78 Å². The summed E-state index contributed by atoms with van der Waals surface area (Å²) >= 11 is 0. The van der Waals surface area contributed by atoms with E-state index in [4.69, 9.17) is 0 Å². The summed E-state index contributed by atoms with van der Waals surface area (Å²) in [5.41, 5.74) is 2.53. The lowest BCUT2D eigenvalue weighted by molar-refractivity contribution is -0.131. The molecule has 0 radical (unpaired) electrons. The van der Waals surface area contributed by atoms with E-state index in [0.717, 1.165) is 12.8 Å². The van der Waals surface area contributed by atoms with Gasteiger partial charge in [0.15, 0.2) is 0 Å². The molecule has 1 fully saturated rings. The monoisotopic (exact) mass is 230 g/mol. The molecule has 3 rings (SSSR count). The number of aryl methyl sites for hydroxylation is 1. The van der Waals surface area contributed by atoms with Gasteiger partial charge in [0.2, 0.25) is 0 Å². The lowest BCUT2D eigenvalue weighted by atomic mass is 9.57. The Morgan fingerprint density at radius 2 is 2.06 bits per heavy atom. The number of aliphatic hydroxyl groups is 1. The molecule has 2 aliphatic carbocycles. The molecular formula is C15H18O2. The van der Waals surface area contributed by atoms with Gasteiger partial charge in [0, 0.05) is 18.3 Å². The minimum Gasteiger partial charge on any atom is -0.392 e. The maximum Gasteiger partial charge on any atom is 0.136 e. The second kappa shape index (κ2) is 3.67. The molecule has 1 saturated carbocycles. The molecule has 0 saturated heterocycles. The molecule has 90 valence electrons. The summed E-state index contributed by atoms with van der Waals surface area (Å²) in [4.78, 5) is 11.7. The third-order valence-electron chi connectivity index (χ3n) is 4.77. The number of hydrogen-bond acceptors (Lipinski definition) is 2. The molecule has 17 heavy (non-hydrogen) atoms. The van der Waals surface area contributed by atoms with Crippen LogP contribution < -0.4 is 0 Å². The molecule has 0 amide bonds. The number of rotatable bonds is 0. The highest BCUT2D eigenvalue weighted by Crippen LogP contribution is 2.52. The zero-order valence-corrected chi connectivity index (χ0v) is 10.1. The van der Waals surface area contributed by atoms with Gasteiger partial charge >= 0.3 is 0 Å². The van der Waals surface area contributed by atoms with Crippen molar-refractivity contribution < 1.29 is 9.90 Å². The molecule has 1 aromatic carbocycles. The largest absolute Gasteiger partial charge is 0.392 e. The molecule has 2 heteroatoms. The van der Waals surface area contributed by atoms with Gasteiger partial charge in [-0.2, -0.15) is 0 Å². The SMILES string of the molecule is C[C@@]12CCc3ccccc3[C@H]1CC(=O)C[C@@H]2O. The third-order valence-corrected chi connectivity index (χ3v) is 4.77. The van der Waals surface area contributed by atoms with Gasteiger partial charge in [-0.3, -0.25) is 4.79 Å². The molecule has 3 atom stereocenters. The van der Waals surface area contributed by atoms with Crippen LogP contribution in [0.25, 0.3) is 0 Å². The Bertz CT molecular complexity index is 466. The number of carbonyl (C=O) groups excluding carboxylic acids is 1. The van der Waals surface area contributed by atoms with Gasteiger partial charge in [-0.05, 0) is 29.9 Å². The normalized spacial score (nSPS) is 36.2. The molecule has 2 nitrogen and oxygen atoms in total. The second-order valence-electron chi connectivity index (χ2n) is 5.72. The fourth-order valence-corrected chi connectivity index (χ4v) is 3.54. The predicted octanol–water partition coefficient (Wildman–Crippen LogP) is 2.45. The van der Waals surface area contributed by atoms with E-state index in [0.29, 0.717) is 12.8 Å². The zero-order valence-electron chi connectivity index (χ0n) is 10.1. The van der Waals surface area contributed by atoms with Crippen LogP contribution in [0.5, 0.6) is 0 Å². The third kappa shape index (κ3) is 1.54. The Kier molecular flexibility index (Phi) is 2.37. The van der Waals surface area contributed by atoms with Crippen molar-refractivity contribution in [3.05, 3.63) is 35.4 Å². The molecule has 0 bridgehead atoms. The number of carbonyl (C=O) groups is 1. The van der Waals surface area contributed by atoms with Gasteiger partial charge in [0.25, 0.3) is 0 Å². The maximum absolute atomic E-state index is 11.7. The molecule has 1 aromatic rings. The van der Waals surface area contributed by atoms with Crippen LogP contribution in [0.15, 0.2) is 24.3 Å². The number of hydrogen-bond donors (Lipinski definition) is 1. The van der Waals surface area contributed by atoms with E-state index in [-0.39, 0.29) is 17.1 Å². The first kappa shape index (κ1) is 11.0. The number of Topliss-reactive ketones (excluding diaryl/α,β-unsaturated/α-hetero) is 1. The van der Waals surface area contributed by atoms with Gasteiger partial charge in [-0.25, -0.2) is 0 Å². The van der Waals surface area contributed by atoms with Crippen LogP contribution in [0.1, 0.15) is 43.2 Å². The van der Waals surface area contributed by atoms with E-state index in [1.54, 1.807) is 0 Å². The van der Waals surface area contributed by atoms with Gasteiger partial charge in [-0.1, -0.05) is 31.2 Å². The Balaban J connectivity index is 2.09. The first-order valence-corrected chi connectivity index (χ1v) is 6.39. The van der Waals surface area contributed by atoms with Crippen molar-refractivity contribution in [3.63, 3.8) is 0 Å². The van der Waals surface area contributed by atoms with Crippen molar-refractivity contribution >= 4 is 5.78 Å². The summed E-state index contributed by atoms with van der Waals surface area (Å²) in [5.74, 6) is 0.417. The van der Waals surface area contributed by atoms with Crippen LogP contribution in [0.4, 0.5) is 0 Å². The van der Waals surface area contributed by atoms with E-state index in [1.165, 1.54) is 11.1 Å². The number of fused-ring (bicyclic) bond motifs is 3. The number of aliphatic hydroxyl groups excluding tert-OH is 1. The number of ketones is 1. The molecule has 0 aliphatic heterocycles. The lowest BCUT2D eigenvalue weighted by Gasteiger charge is -2.48. The van der Waals surface area contributed by atoms with Crippen molar-refractivity contribution in [2.45, 2.75) is 44.6 Å². The molecule has 2 aliphatic rings. The summed E-state index contributed by atoms with van der Waals surface area (Å²) in [6.07, 6.45) is 2.49. The van der Waals surface area contributed by atoms with E-state index in [2.05, 4.69) is 25.1 Å². The first-order chi connectivity index (χ1) is 8.11. The standard InChI is InChI=1S/C15H18O2/c1-15-7-6-10-4-2-3-5-12(10)13(15)8-11(16)9-14(15)17/h2-5,13-14,17H,6-9H2,1H3/t13-,14+,15-/m1/s1. The summed E-state index contributed by atoms with van der Waals surface area (Å²) < 4.78 is 0. The summed E-state index contributed by atoms with van der Waals surface area (Å²) in [6.45, 7) is 2.14. The van der Waals surface area contributed by atoms with Crippen LogP contribution in [0.2, 0.25) is 0 Å². The first-order valence-electron chi connectivity index (χ1n) is 6.39. The molecular weight excluding hydrogens is 212 g/mol. The van der Waals surface area contributed by atoms with E-state index in [1.807, 2.05) is 6.07 Å². The van der Waals surface area contributed by atoms with Crippen LogP contribution in [0, 0.1) is 5.41 Å². The summed E-state index contributed by atoms with van der Waals surface area (Å²) in [6, 6.07) is 8.38. The maximum atomic E-state index is 11.7. The quantitative estimate of drug-likeness (QED) is 0.743. The van der Waals surface area contributed by atoms with Gasteiger partial charge in [0.05, 0.1) is 6.10 Å². The highest BCUT2D eigenvalue weighted by molar-refractivity contribution is 5.81. The lowest BCUT2D eigenvalue weighted by Crippen LogP contribution is -2.46. The molecule has 1 N–H and O–H groups in total. The van der Waals surface area contributed by atoms with Crippen molar-refractivity contribution in [1.82, 2.24) is 0 Å². The highest BCUT2D eigenvalue weighted by Gasteiger charge is 2.48. The minimum absolute atomic E-state index is 0.109.